The van der Waals surface area contributed by atoms with E-state index in [0.717, 1.165) is 26.1 Å². The lowest BCUT2D eigenvalue weighted by Gasteiger charge is -2.31. The van der Waals surface area contributed by atoms with Gasteiger partial charge in [0.25, 0.3) is 0 Å². The molecule has 142 valence electrons. The molecule has 1 aliphatic heterocycles. The normalized spacial score (nSPS) is 13.1. The number of halogens is 2. The van der Waals surface area contributed by atoms with E-state index in [-0.39, 0.29) is 18.3 Å². The number of hydrogen-bond donors (Lipinski definition) is 1. The molecule has 0 bridgehead atoms. The fourth-order valence-corrected chi connectivity index (χ4v) is 3.79. The predicted octanol–water partition coefficient (Wildman–Crippen LogP) is 5.26. The molecular weight excluding hydrogens is 472 g/mol. The number of nitrogens with zero attached hydrogens (tertiary/aromatic N) is 2. The van der Waals surface area contributed by atoms with Crippen LogP contribution in [0.1, 0.15) is 16.8 Å². The van der Waals surface area contributed by atoms with Crippen LogP contribution in [0, 0.1) is 16.3 Å². The van der Waals surface area contributed by atoms with Crippen molar-refractivity contribution in [3.8, 4) is 5.75 Å². The molecule has 0 aliphatic carbocycles. The third-order valence-electron chi connectivity index (χ3n) is 4.59. The number of hydrogen-bond acceptors (Lipinski definition) is 3. The molecule has 7 heteroatoms. The van der Waals surface area contributed by atoms with Crippen molar-refractivity contribution in [2.45, 2.75) is 20.1 Å². The van der Waals surface area contributed by atoms with E-state index in [1.54, 1.807) is 17.0 Å². The topological polar surface area (TPSA) is 54.5 Å². The van der Waals surface area contributed by atoms with Gasteiger partial charge in [-0.2, -0.15) is 0 Å². The summed E-state index contributed by atoms with van der Waals surface area (Å²) in [6.07, 6.45) is 1.53. The Morgan fingerprint density at radius 1 is 1.25 bits per heavy atom. The summed E-state index contributed by atoms with van der Waals surface area (Å²) in [6.45, 7) is 2.43. The first kappa shape index (κ1) is 18.7. The number of nitrogens with one attached hydrogen (secondary N) is 1. The van der Waals surface area contributed by atoms with Crippen molar-refractivity contribution in [2.24, 2.45) is 0 Å². The maximum atomic E-state index is 13.7. The summed E-state index contributed by atoms with van der Waals surface area (Å²) >= 11 is 2.22. The van der Waals surface area contributed by atoms with Crippen LogP contribution in [0.15, 0.2) is 54.7 Å². The number of fused-ring (bicyclic) bond motifs is 1. The Kier molecular flexibility index (Phi) is 5.17. The van der Waals surface area contributed by atoms with E-state index in [1.165, 1.54) is 18.3 Å². The van der Waals surface area contributed by atoms with Crippen LogP contribution in [-0.4, -0.2) is 11.0 Å². The van der Waals surface area contributed by atoms with Gasteiger partial charge in [-0.25, -0.2) is 9.18 Å². The number of ether oxygens (including phenoxy) is 1. The highest BCUT2D eigenvalue weighted by molar-refractivity contribution is 14.1. The number of aryl methyl sites for hydroxylation is 1. The summed E-state index contributed by atoms with van der Waals surface area (Å²) < 4.78 is 20.5. The van der Waals surface area contributed by atoms with Crippen molar-refractivity contribution in [3.63, 3.8) is 0 Å². The molecule has 0 atom stereocenters. The standard InChI is InChI=1S/C21H17FIN3O2/c1-13-7-8-15(28-12-18-16(22)5-3-9-24-18)10-19(13)26-11-14-4-2-6-17(23)20(14)25-21(26)27/h2-10H,11-12H2,1H3,(H,25,27). The zero-order valence-electron chi connectivity index (χ0n) is 15.1. The van der Waals surface area contributed by atoms with Gasteiger partial charge in [0, 0.05) is 15.8 Å². The minimum absolute atomic E-state index is 0.0163. The number of urea groups is 1. The quantitative estimate of drug-likeness (QED) is 0.509. The van der Waals surface area contributed by atoms with Gasteiger partial charge >= 0.3 is 6.03 Å². The van der Waals surface area contributed by atoms with E-state index in [9.17, 15) is 9.18 Å². The van der Waals surface area contributed by atoms with Crippen LogP contribution in [0.4, 0.5) is 20.6 Å². The van der Waals surface area contributed by atoms with Gasteiger partial charge in [0.2, 0.25) is 0 Å². The van der Waals surface area contributed by atoms with Gasteiger partial charge in [-0.05, 0) is 64.9 Å². The summed E-state index contributed by atoms with van der Waals surface area (Å²) in [5, 5.41) is 2.97. The van der Waals surface area contributed by atoms with E-state index >= 15 is 0 Å². The van der Waals surface area contributed by atoms with Crippen molar-refractivity contribution in [2.75, 3.05) is 10.2 Å². The third-order valence-corrected chi connectivity index (χ3v) is 5.49. The Bertz CT molecular complexity index is 1060. The molecule has 2 amide bonds. The van der Waals surface area contributed by atoms with E-state index in [2.05, 4.69) is 32.9 Å². The minimum Gasteiger partial charge on any atom is -0.487 e. The number of rotatable bonds is 4. The minimum atomic E-state index is -0.406. The van der Waals surface area contributed by atoms with Gasteiger partial charge in [-0.1, -0.05) is 18.2 Å². The lowest BCUT2D eigenvalue weighted by atomic mass is 10.1. The van der Waals surface area contributed by atoms with Crippen LogP contribution < -0.4 is 15.0 Å². The molecule has 1 N–H and O–H groups in total. The molecule has 0 saturated heterocycles. The predicted molar refractivity (Wildman–Crippen MR) is 114 cm³/mol. The second-order valence-electron chi connectivity index (χ2n) is 6.46. The van der Waals surface area contributed by atoms with Crippen LogP contribution >= 0.6 is 22.6 Å². The van der Waals surface area contributed by atoms with Gasteiger partial charge in [-0.3, -0.25) is 9.88 Å². The molecule has 2 aromatic carbocycles. The van der Waals surface area contributed by atoms with Gasteiger partial charge in [0.1, 0.15) is 23.9 Å². The summed E-state index contributed by atoms with van der Waals surface area (Å²) in [5.74, 6) is 0.142. The number of para-hydroxylation sites is 1. The van der Waals surface area contributed by atoms with Crippen LogP contribution in [-0.2, 0) is 13.2 Å². The highest BCUT2D eigenvalue weighted by Gasteiger charge is 2.26. The fraction of sp³-hybridized carbons (Fsp3) is 0.143. The Morgan fingerprint density at radius 3 is 2.93 bits per heavy atom. The Hall–Kier alpha value is -2.68. The van der Waals surface area contributed by atoms with Crippen LogP contribution in [0.2, 0.25) is 0 Å². The van der Waals surface area contributed by atoms with Crippen LogP contribution in [0.5, 0.6) is 5.75 Å². The lowest BCUT2D eigenvalue weighted by molar-refractivity contribution is 0.256. The number of amides is 2. The molecule has 3 aromatic rings. The second-order valence-corrected chi connectivity index (χ2v) is 7.62. The summed E-state index contributed by atoms with van der Waals surface area (Å²) in [4.78, 5) is 18.4. The maximum absolute atomic E-state index is 13.7. The van der Waals surface area contributed by atoms with Crippen molar-refractivity contribution in [3.05, 3.63) is 80.9 Å². The molecule has 0 fully saturated rings. The number of aromatic nitrogens is 1. The highest BCUT2D eigenvalue weighted by atomic mass is 127. The molecule has 1 aliphatic rings. The number of benzene rings is 2. The number of carbonyl (C=O) groups is 1. The average Bonchev–Trinajstić information content (AvgIpc) is 2.69. The molecule has 0 saturated carbocycles. The highest BCUT2D eigenvalue weighted by Crippen LogP contribution is 2.34. The average molecular weight is 489 g/mol. The maximum Gasteiger partial charge on any atom is 0.326 e. The van der Waals surface area contributed by atoms with Crippen molar-refractivity contribution in [1.29, 1.82) is 0 Å². The molecule has 28 heavy (non-hydrogen) atoms. The number of carbonyl (C=O) groups excluding carboxylic acids is 1. The van der Waals surface area contributed by atoms with Crippen molar-refractivity contribution >= 4 is 40.0 Å². The Morgan fingerprint density at radius 2 is 2.11 bits per heavy atom. The Balaban J connectivity index is 1.59. The number of anilines is 2. The van der Waals surface area contributed by atoms with E-state index < -0.39 is 5.82 Å². The Labute approximate surface area is 175 Å². The molecule has 0 radical (unpaired) electrons. The van der Waals surface area contributed by atoms with E-state index in [4.69, 9.17) is 4.74 Å². The molecule has 1 aromatic heterocycles. The van der Waals surface area contributed by atoms with Crippen LogP contribution in [0.3, 0.4) is 0 Å². The van der Waals surface area contributed by atoms with Gasteiger partial charge < -0.3 is 10.1 Å². The largest absolute Gasteiger partial charge is 0.487 e. The zero-order chi connectivity index (χ0) is 19.7. The van der Waals surface area contributed by atoms with Crippen LogP contribution in [0.25, 0.3) is 0 Å². The fourth-order valence-electron chi connectivity index (χ4n) is 3.10. The summed E-state index contributed by atoms with van der Waals surface area (Å²) in [5.41, 5.74) is 3.85. The number of pyridine rings is 1. The SMILES string of the molecule is Cc1ccc(OCc2ncccc2F)cc1N1Cc2cccc(I)c2NC1=O. The first-order valence-electron chi connectivity index (χ1n) is 8.71. The van der Waals surface area contributed by atoms with Crippen molar-refractivity contribution in [1.82, 2.24) is 4.98 Å². The smallest absolute Gasteiger partial charge is 0.326 e. The monoisotopic (exact) mass is 489 g/mol. The molecule has 5 nitrogen and oxygen atoms in total. The molecule has 0 unspecified atom stereocenters. The van der Waals surface area contributed by atoms with Gasteiger partial charge in [0.15, 0.2) is 0 Å². The van der Waals surface area contributed by atoms with Gasteiger partial charge in [-0.15, -0.1) is 0 Å². The van der Waals surface area contributed by atoms with Crippen molar-refractivity contribution < 1.29 is 13.9 Å². The molecule has 4 rings (SSSR count). The van der Waals surface area contributed by atoms with Gasteiger partial charge in [0.05, 0.1) is 17.9 Å². The second kappa shape index (κ2) is 7.75. The molecular formula is C21H17FIN3O2. The first-order valence-corrected chi connectivity index (χ1v) is 9.79. The molecule has 2 heterocycles. The van der Waals surface area contributed by atoms with E-state index in [0.29, 0.717) is 12.3 Å². The van der Waals surface area contributed by atoms with E-state index in [1.807, 2.05) is 31.2 Å². The zero-order valence-corrected chi connectivity index (χ0v) is 17.2. The lowest BCUT2D eigenvalue weighted by Crippen LogP contribution is -2.39. The third kappa shape index (κ3) is 3.66. The first-order chi connectivity index (χ1) is 13.5. The molecule has 0 spiro atoms. The summed E-state index contributed by atoms with van der Waals surface area (Å²) in [7, 11) is 0. The summed E-state index contributed by atoms with van der Waals surface area (Å²) in [6, 6.07) is 14.1.